The quantitative estimate of drug-likeness (QED) is 0.301. The lowest BCUT2D eigenvalue weighted by molar-refractivity contribution is 0.102. The van der Waals surface area contributed by atoms with Gasteiger partial charge < -0.3 is 19.3 Å². The van der Waals surface area contributed by atoms with Gasteiger partial charge in [0.25, 0.3) is 5.91 Å². The van der Waals surface area contributed by atoms with E-state index in [1.807, 2.05) is 12.1 Å². The number of furan rings is 1. The summed E-state index contributed by atoms with van der Waals surface area (Å²) < 4.78 is 11.0. The van der Waals surface area contributed by atoms with Crippen LogP contribution in [0.25, 0.3) is 33.4 Å². The van der Waals surface area contributed by atoms with Crippen molar-refractivity contribution in [3.05, 3.63) is 112 Å². The molecule has 2 N–H and O–H groups in total. The Labute approximate surface area is 199 Å². The maximum Gasteiger partial charge on any atom is 0.344 e. The van der Waals surface area contributed by atoms with Crippen molar-refractivity contribution < 1.29 is 18.7 Å². The van der Waals surface area contributed by atoms with Crippen LogP contribution in [0.3, 0.4) is 0 Å². The molecule has 0 saturated carbocycles. The number of fused-ring (bicyclic) bond motifs is 1. The zero-order chi connectivity index (χ0) is 23.7. The van der Waals surface area contributed by atoms with Gasteiger partial charge in [-0.15, -0.1) is 0 Å². The highest BCUT2D eigenvalue weighted by Gasteiger charge is 2.13. The molecule has 0 aliphatic carbocycles. The average Bonchev–Trinajstić information content (AvgIpc) is 3.34. The van der Waals surface area contributed by atoms with Gasteiger partial charge in [0.1, 0.15) is 23.7 Å². The molecule has 7 heteroatoms. The molecule has 5 aromatic rings. The molecule has 2 aromatic heterocycles. The molecule has 0 spiro atoms. The van der Waals surface area contributed by atoms with Crippen molar-refractivity contribution in [2.45, 2.75) is 6.61 Å². The Morgan fingerprint density at radius 3 is 2.41 bits per heavy atom. The van der Waals surface area contributed by atoms with Crippen LogP contribution in [-0.2, 0) is 6.61 Å². The highest BCUT2D eigenvalue weighted by atomic mass is 35.5. The molecule has 0 aliphatic rings. The number of para-hydroxylation sites is 1. The second-order valence-electron chi connectivity index (χ2n) is 7.64. The Kier molecular flexibility index (Phi) is 5.76. The van der Waals surface area contributed by atoms with Crippen LogP contribution in [-0.4, -0.2) is 11.0 Å². The van der Waals surface area contributed by atoms with E-state index < -0.39 is 5.63 Å². The summed E-state index contributed by atoms with van der Waals surface area (Å²) in [6, 6.07) is 24.3. The Hall–Kier alpha value is -4.13. The lowest BCUT2D eigenvalue weighted by Gasteiger charge is -2.10. The molecule has 168 valence electrons. The molecule has 0 radical (unpaired) electrons. The third-order valence-electron chi connectivity index (χ3n) is 5.42. The normalized spacial score (nSPS) is 11.0. The van der Waals surface area contributed by atoms with Crippen LogP contribution < -0.4 is 10.9 Å². The molecule has 2 heterocycles. The summed E-state index contributed by atoms with van der Waals surface area (Å²) in [4.78, 5) is 25.3. The van der Waals surface area contributed by atoms with Crippen LogP contribution >= 0.6 is 11.6 Å². The van der Waals surface area contributed by atoms with Gasteiger partial charge in [0, 0.05) is 16.5 Å². The molecule has 0 atom stereocenters. The van der Waals surface area contributed by atoms with Crippen molar-refractivity contribution in [1.29, 1.82) is 0 Å². The maximum absolute atomic E-state index is 12.8. The SMILES string of the molecule is O=C(Nc1cc(-c2ccc(CO)o2)ccc1Cl)c1ccc(-c2cc3ccccc3oc2=O)cc1. The fraction of sp³-hybridized carbons (Fsp3) is 0.0370. The first kappa shape index (κ1) is 21.7. The van der Waals surface area contributed by atoms with E-state index in [2.05, 4.69) is 5.32 Å². The number of halogens is 1. The maximum atomic E-state index is 12.8. The molecule has 0 aliphatic heterocycles. The smallest absolute Gasteiger partial charge is 0.344 e. The number of hydrogen-bond donors (Lipinski definition) is 2. The summed E-state index contributed by atoms with van der Waals surface area (Å²) in [5.74, 6) is 0.637. The highest BCUT2D eigenvalue weighted by molar-refractivity contribution is 6.34. The van der Waals surface area contributed by atoms with Crippen LogP contribution in [0.15, 0.2) is 98.6 Å². The number of amides is 1. The topological polar surface area (TPSA) is 92.7 Å². The fourth-order valence-electron chi connectivity index (χ4n) is 3.65. The van der Waals surface area contributed by atoms with Crippen molar-refractivity contribution >= 4 is 34.2 Å². The number of nitrogens with one attached hydrogen (secondary N) is 1. The molecule has 0 bridgehead atoms. The number of aliphatic hydroxyl groups is 1. The standard InChI is InChI=1S/C27H18ClNO5/c28-22-11-9-19(25-12-10-20(15-30)33-25)14-23(22)29-26(31)17-7-5-16(6-8-17)21-13-18-3-1-2-4-24(18)34-27(21)32/h1-14,30H,15H2,(H,29,31). The summed E-state index contributed by atoms with van der Waals surface area (Å²) in [6.45, 7) is -0.200. The van der Waals surface area contributed by atoms with E-state index in [4.69, 9.17) is 20.4 Å². The summed E-state index contributed by atoms with van der Waals surface area (Å²) in [6.07, 6.45) is 0. The molecular formula is C27H18ClNO5. The first-order valence-electron chi connectivity index (χ1n) is 10.5. The van der Waals surface area contributed by atoms with Crippen LogP contribution in [0.1, 0.15) is 16.1 Å². The second kappa shape index (κ2) is 9.02. The lowest BCUT2D eigenvalue weighted by atomic mass is 10.0. The van der Waals surface area contributed by atoms with Gasteiger partial charge in [-0.1, -0.05) is 41.9 Å². The Balaban J connectivity index is 1.39. The van der Waals surface area contributed by atoms with Crippen molar-refractivity contribution in [3.63, 3.8) is 0 Å². The van der Waals surface area contributed by atoms with Gasteiger partial charge in [0.2, 0.25) is 0 Å². The number of aliphatic hydroxyl groups excluding tert-OH is 1. The van der Waals surface area contributed by atoms with Crippen LogP contribution in [0.2, 0.25) is 5.02 Å². The van der Waals surface area contributed by atoms with E-state index in [0.29, 0.717) is 50.1 Å². The summed E-state index contributed by atoms with van der Waals surface area (Å²) in [5.41, 5.74) is 2.67. The summed E-state index contributed by atoms with van der Waals surface area (Å²) in [5, 5.41) is 13.2. The van der Waals surface area contributed by atoms with Gasteiger partial charge in [-0.2, -0.15) is 0 Å². The largest absolute Gasteiger partial charge is 0.459 e. The number of rotatable bonds is 5. The van der Waals surface area contributed by atoms with Gasteiger partial charge in [0.05, 0.1) is 16.3 Å². The first-order chi connectivity index (χ1) is 16.5. The van der Waals surface area contributed by atoms with Crippen LogP contribution in [0.4, 0.5) is 5.69 Å². The third-order valence-corrected chi connectivity index (χ3v) is 5.75. The molecule has 6 nitrogen and oxygen atoms in total. The van der Waals surface area contributed by atoms with Crippen molar-refractivity contribution in [2.24, 2.45) is 0 Å². The molecule has 0 saturated heterocycles. The van der Waals surface area contributed by atoms with E-state index in [-0.39, 0.29) is 12.5 Å². The molecule has 3 aromatic carbocycles. The number of anilines is 1. The van der Waals surface area contributed by atoms with Crippen molar-refractivity contribution in [2.75, 3.05) is 5.32 Å². The fourth-order valence-corrected chi connectivity index (χ4v) is 3.82. The first-order valence-corrected chi connectivity index (χ1v) is 10.8. The predicted molar refractivity (Wildman–Crippen MR) is 131 cm³/mol. The number of hydrogen-bond acceptors (Lipinski definition) is 5. The molecule has 34 heavy (non-hydrogen) atoms. The lowest BCUT2D eigenvalue weighted by Crippen LogP contribution is -2.12. The van der Waals surface area contributed by atoms with Gasteiger partial charge in [-0.3, -0.25) is 4.79 Å². The van der Waals surface area contributed by atoms with Gasteiger partial charge in [0.15, 0.2) is 0 Å². The van der Waals surface area contributed by atoms with E-state index in [1.165, 1.54) is 0 Å². The third kappa shape index (κ3) is 4.24. The minimum atomic E-state index is -0.443. The summed E-state index contributed by atoms with van der Waals surface area (Å²) >= 11 is 6.29. The van der Waals surface area contributed by atoms with Crippen LogP contribution in [0, 0.1) is 0 Å². The van der Waals surface area contributed by atoms with E-state index in [0.717, 1.165) is 5.39 Å². The van der Waals surface area contributed by atoms with Gasteiger partial charge in [-0.25, -0.2) is 4.79 Å². The summed E-state index contributed by atoms with van der Waals surface area (Å²) in [7, 11) is 0. The molecule has 0 fully saturated rings. The van der Waals surface area contributed by atoms with Crippen molar-refractivity contribution in [1.82, 2.24) is 0 Å². The number of benzene rings is 3. The monoisotopic (exact) mass is 471 g/mol. The predicted octanol–water partition coefficient (Wildman–Crippen LogP) is 6.12. The molecule has 0 unspecified atom stereocenters. The Morgan fingerprint density at radius 2 is 1.65 bits per heavy atom. The van der Waals surface area contributed by atoms with E-state index in [9.17, 15) is 14.7 Å². The second-order valence-corrected chi connectivity index (χ2v) is 8.04. The minimum Gasteiger partial charge on any atom is -0.459 e. The zero-order valence-corrected chi connectivity index (χ0v) is 18.5. The van der Waals surface area contributed by atoms with Crippen molar-refractivity contribution in [3.8, 4) is 22.5 Å². The molecule has 1 amide bonds. The van der Waals surface area contributed by atoms with Crippen LogP contribution in [0.5, 0.6) is 0 Å². The zero-order valence-electron chi connectivity index (χ0n) is 17.7. The highest BCUT2D eigenvalue weighted by Crippen LogP contribution is 2.30. The molecular weight excluding hydrogens is 454 g/mol. The number of carbonyl (C=O) groups excluding carboxylic acids is 1. The molecule has 5 rings (SSSR count). The minimum absolute atomic E-state index is 0.200. The number of carbonyl (C=O) groups is 1. The van der Waals surface area contributed by atoms with Gasteiger partial charge in [-0.05, 0) is 60.2 Å². The van der Waals surface area contributed by atoms with Gasteiger partial charge >= 0.3 is 5.63 Å². The Bertz CT molecular complexity index is 1570. The Morgan fingerprint density at radius 1 is 0.882 bits per heavy atom. The van der Waals surface area contributed by atoms with E-state index >= 15 is 0 Å². The van der Waals surface area contributed by atoms with E-state index in [1.54, 1.807) is 72.8 Å². The average molecular weight is 472 g/mol.